The zero-order valence-electron chi connectivity index (χ0n) is 11.5. The lowest BCUT2D eigenvalue weighted by Gasteiger charge is -2.22. The Morgan fingerprint density at radius 3 is 2.57 bits per heavy atom. The third-order valence-electron chi connectivity index (χ3n) is 2.58. The van der Waals surface area contributed by atoms with Gasteiger partial charge >= 0.3 is 6.18 Å². The Kier molecular flexibility index (Phi) is 4.24. The lowest BCUT2D eigenvalue weighted by Crippen LogP contribution is -2.35. The average molecular weight is 301 g/mol. The number of rotatable bonds is 5. The molecule has 1 N–H and O–H groups in total. The second-order valence-corrected chi connectivity index (χ2v) is 4.09. The fourth-order valence-corrected chi connectivity index (χ4v) is 1.64. The normalized spacial score (nSPS) is 11.5. The first-order chi connectivity index (χ1) is 9.93. The Hall–Kier alpha value is -2.39. The van der Waals surface area contributed by atoms with Crippen molar-refractivity contribution in [2.24, 2.45) is 0 Å². The summed E-state index contributed by atoms with van der Waals surface area (Å²) in [6.45, 7) is 0.586. The third-order valence-corrected chi connectivity index (χ3v) is 2.58. The maximum atomic E-state index is 12.6. The van der Waals surface area contributed by atoms with Gasteiger partial charge in [0, 0.05) is 26.0 Å². The molecule has 0 saturated heterocycles. The van der Waals surface area contributed by atoms with Gasteiger partial charge < -0.3 is 10.2 Å². The van der Waals surface area contributed by atoms with Gasteiger partial charge in [0.2, 0.25) is 11.9 Å². The minimum absolute atomic E-state index is 0.0559. The maximum Gasteiger partial charge on any atom is 0.406 e. The molecule has 21 heavy (non-hydrogen) atoms. The van der Waals surface area contributed by atoms with Crippen LogP contribution in [0.2, 0.25) is 0 Å². The van der Waals surface area contributed by atoms with Crippen LogP contribution in [0.4, 0.5) is 25.1 Å². The molecule has 2 aromatic heterocycles. The van der Waals surface area contributed by atoms with Crippen molar-refractivity contribution in [3.05, 3.63) is 18.5 Å². The molecule has 0 aliphatic heterocycles. The van der Waals surface area contributed by atoms with Crippen molar-refractivity contribution in [3.8, 4) is 5.95 Å². The molecular weight excluding hydrogens is 287 g/mol. The van der Waals surface area contributed by atoms with Gasteiger partial charge in [-0.1, -0.05) is 0 Å². The molecule has 0 aliphatic carbocycles. The van der Waals surface area contributed by atoms with Gasteiger partial charge in [0.25, 0.3) is 5.95 Å². The zero-order chi connectivity index (χ0) is 15.5. The monoisotopic (exact) mass is 301 g/mol. The summed E-state index contributed by atoms with van der Waals surface area (Å²) in [5.74, 6) is 0.265. The van der Waals surface area contributed by atoms with Crippen molar-refractivity contribution >= 4 is 11.9 Å². The van der Waals surface area contributed by atoms with E-state index < -0.39 is 12.7 Å². The van der Waals surface area contributed by atoms with Gasteiger partial charge in [0.15, 0.2) is 0 Å². The number of aromatic nitrogens is 5. The predicted molar refractivity (Wildman–Crippen MR) is 70.4 cm³/mol. The minimum atomic E-state index is -4.34. The van der Waals surface area contributed by atoms with Crippen molar-refractivity contribution in [3.63, 3.8) is 0 Å². The molecule has 2 heterocycles. The van der Waals surface area contributed by atoms with Crippen LogP contribution in [0.25, 0.3) is 5.95 Å². The first kappa shape index (κ1) is 15.0. The predicted octanol–water partition coefficient (Wildman–Crippen LogP) is 1.49. The van der Waals surface area contributed by atoms with Gasteiger partial charge in [-0.05, 0) is 13.0 Å². The van der Waals surface area contributed by atoms with E-state index in [0.717, 1.165) is 4.90 Å². The van der Waals surface area contributed by atoms with Crippen LogP contribution in [0.15, 0.2) is 18.5 Å². The molecule has 0 fully saturated rings. The van der Waals surface area contributed by atoms with Gasteiger partial charge in [-0.2, -0.15) is 33.2 Å². The lowest BCUT2D eigenvalue weighted by molar-refractivity contribution is -0.119. The fraction of sp³-hybridized carbons (Fsp3) is 0.455. The summed E-state index contributed by atoms with van der Waals surface area (Å²) in [6.07, 6.45) is -1.22. The van der Waals surface area contributed by atoms with Crippen molar-refractivity contribution in [1.82, 2.24) is 24.7 Å². The Balaban J connectivity index is 2.40. The van der Waals surface area contributed by atoms with Gasteiger partial charge in [-0.15, -0.1) is 0 Å². The zero-order valence-corrected chi connectivity index (χ0v) is 11.5. The summed E-state index contributed by atoms with van der Waals surface area (Å²) >= 11 is 0. The molecule has 10 heteroatoms. The highest BCUT2D eigenvalue weighted by Crippen LogP contribution is 2.20. The summed E-state index contributed by atoms with van der Waals surface area (Å²) in [5.41, 5.74) is 0. The van der Waals surface area contributed by atoms with Crippen LogP contribution in [0, 0.1) is 0 Å². The Morgan fingerprint density at radius 2 is 2.05 bits per heavy atom. The van der Waals surface area contributed by atoms with E-state index in [1.807, 2.05) is 0 Å². The van der Waals surface area contributed by atoms with Crippen LogP contribution < -0.4 is 10.2 Å². The minimum Gasteiger partial charge on any atom is -0.357 e. The standard InChI is InChI=1S/C11H14F3N7/c1-3-20(7-11(12,13)14)9-17-8(15-2)18-10(19-9)21-6-4-5-16-21/h4-6H,3,7H2,1-2H3,(H,15,17,18,19). The van der Waals surface area contributed by atoms with E-state index in [4.69, 9.17) is 0 Å². The molecule has 0 spiro atoms. The van der Waals surface area contributed by atoms with E-state index in [9.17, 15) is 13.2 Å². The van der Waals surface area contributed by atoms with Gasteiger partial charge in [-0.3, -0.25) is 0 Å². The highest BCUT2D eigenvalue weighted by molar-refractivity contribution is 5.39. The van der Waals surface area contributed by atoms with Crippen molar-refractivity contribution in [1.29, 1.82) is 0 Å². The molecule has 0 aliphatic rings. The van der Waals surface area contributed by atoms with Crippen LogP contribution in [0.5, 0.6) is 0 Å². The number of halogens is 3. The molecule has 0 unspecified atom stereocenters. The molecule has 0 bridgehead atoms. The summed E-state index contributed by atoms with van der Waals surface area (Å²) in [7, 11) is 1.58. The van der Waals surface area contributed by atoms with E-state index in [2.05, 4.69) is 25.4 Å². The number of hydrogen-bond acceptors (Lipinski definition) is 6. The van der Waals surface area contributed by atoms with Crippen LogP contribution in [0.1, 0.15) is 6.92 Å². The summed E-state index contributed by atoms with van der Waals surface area (Å²) < 4.78 is 39.1. The second kappa shape index (κ2) is 5.94. The number of nitrogens with one attached hydrogen (secondary N) is 1. The Morgan fingerprint density at radius 1 is 1.29 bits per heavy atom. The van der Waals surface area contributed by atoms with E-state index in [1.165, 1.54) is 10.9 Å². The largest absolute Gasteiger partial charge is 0.406 e. The van der Waals surface area contributed by atoms with Crippen molar-refractivity contribution < 1.29 is 13.2 Å². The number of hydrogen-bond donors (Lipinski definition) is 1. The lowest BCUT2D eigenvalue weighted by atomic mass is 10.5. The molecule has 0 atom stereocenters. The average Bonchev–Trinajstić information content (AvgIpc) is 2.97. The van der Waals surface area contributed by atoms with Crippen LogP contribution in [-0.2, 0) is 0 Å². The molecule has 2 aromatic rings. The maximum absolute atomic E-state index is 12.6. The third kappa shape index (κ3) is 3.80. The number of nitrogens with zero attached hydrogens (tertiary/aromatic N) is 6. The van der Waals surface area contributed by atoms with Gasteiger partial charge in [-0.25, -0.2) is 4.68 Å². The fourth-order valence-electron chi connectivity index (χ4n) is 1.64. The Bertz CT molecular complexity index is 582. The molecule has 0 saturated carbocycles. The Labute approximate surface area is 118 Å². The van der Waals surface area contributed by atoms with E-state index >= 15 is 0 Å². The van der Waals surface area contributed by atoms with Gasteiger partial charge in [0.05, 0.1) is 0 Å². The van der Waals surface area contributed by atoms with E-state index in [-0.39, 0.29) is 24.4 Å². The molecule has 2 rings (SSSR count). The molecule has 0 radical (unpaired) electrons. The number of anilines is 2. The summed E-state index contributed by atoms with van der Waals surface area (Å²) in [6, 6.07) is 1.66. The molecule has 114 valence electrons. The van der Waals surface area contributed by atoms with Crippen LogP contribution in [0.3, 0.4) is 0 Å². The van der Waals surface area contributed by atoms with E-state index in [1.54, 1.807) is 26.2 Å². The first-order valence-corrected chi connectivity index (χ1v) is 6.18. The van der Waals surface area contributed by atoms with E-state index in [0.29, 0.717) is 0 Å². The van der Waals surface area contributed by atoms with Gasteiger partial charge in [0.1, 0.15) is 6.54 Å². The van der Waals surface area contributed by atoms with Crippen LogP contribution >= 0.6 is 0 Å². The summed E-state index contributed by atoms with van der Waals surface area (Å²) in [5, 5.41) is 6.66. The van der Waals surface area contributed by atoms with Crippen molar-refractivity contribution in [2.75, 3.05) is 30.4 Å². The topological polar surface area (TPSA) is 71.8 Å². The molecule has 0 amide bonds. The second-order valence-electron chi connectivity index (χ2n) is 4.09. The summed E-state index contributed by atoms with van der Waals surface area (Å²) in [4.78, 5) is 13.1. The molecular formula is C11H14F3N7. The molecule has 7 nitrogen and oxygen atoms in total. The smallest absolute Gasteiger partial charge is 0.357 e. The highest BCUT2D eigenvalue weighted by atomic mass is 19.4. The number of alkyl halides is 3. The SMILES string of the molecule is CCN(CC(F)(F)F)c1nc(NC)nc(-n2cccn2)n1. The quantitative estimate of drug-likeness (QED) is 0.902. The molecule has 0 aromatic carbocycles. The first-order valence-electron chi connectivity index (χ1n) is 6.18. The van der Waals surface area contributed by atoms with Crippen LogP contribution in [-0.4, -0.2) is 51.0 Å². The van der Waals surface area contributed by atoms with Crippen molar-refractivity contribution in [2.45, 2.75) is 13.1 Å². The highest BCUT2D eigenvalue weighted by Gasteiger charge is 2.31.